The molecule has 0 fully saturated rings. The van der Waals surface area contributed by atoms with E-state index in [4.69, 9.17) is 5.11 Å². The molecule has 15 heavy (non-hydrogen) atoms. The maximum absolute atomic E-state index is 13.3. The average Bonchev–Trinajstić information content (AvgIpc) is 2.55. The number of nitrogens with one attached hydrogen (secondary N) is 1. The number of H-pyrrole nitrogens is 1. The number of halogens is 1. The number of aromatic amines is 1. The lowest BCUT2D eigenvalue weighted by Gasteiger charge is -1.95. The number of aryl methyl sites for hydroxylation is 1. The Morgan fingerprint density at radius 2 is 2.27 bits per heavy atom. The number of aromatic nitrogens is 1. The summed E-state index contributed by atoms with van der Waals surface area (Å²) < 4.78 is 13.3. The zero-order valence-corrected chi connectivity index (χ0v) is 8.17. The summed E-state index contributed by atoms with van der Waals surface area (Å²) in [6.45, 7) is 1.85. The van der Waals surface area contributed by atoms with Gasteiger partial charge in [-0.1, -0.05) is 6.07 Å². The van der Waals surface area contributed by atoms with E-state index in [1.54, 1.807) is 12.1 Å². The van der Waals surface area contributed by atoms with Crippen molar-refractivity contribution in [2.75, 3.05) is 0 Å². The van der Waals surface area contributed by atoms with Crippen LogP contribution in [0.15, 0.2) is 18.2 Å². The Labute approximate surface area is 85.5 Å². The Bertz CT molecular complexity index is 492. The topological polar surface area (TPSA) is 53.1 Å². The Morgan fingerprint density at radius 1 is 1.53 bits per heavy atom. The van der Waals surface area contributed by atoms with Gasteiger partial charge in [-0.3, -0.25) is 4.79 Å². The highest BCUT2D eigenvalue weighted by molar-refractivity contribution is 5.85. The van der Waals surface area contributed by atoms with Gasteiger partial charge in [-0.2, -0.15) is 0 Å². The summed E-state index contributed by atoms with van der Waals surface area (Å²) in [6.07, 6.45) is -0.118. The molecule has 1 heterocycles. The summed E-state index contributed by atoms with van der Waals surface area (Å²) in [5.41, 5.74) is 2.10. The van der Waals surface area contributed by atoms with Gasteiger partial charge in [0.25, 0.3) is 0 Å². The molecule has 2 aromatic rings. The van der Waals surface area contributed by atoms with Gasteiger partial charge < -0.3 is 10.1 Å². The molecule has 0 saturated heterocycles. The van der Waals surface area contributed by atoms with Crippen molar-refractivity contribution in [1.82, 2.24) is 4.98 Å². The van der Waals surface area contributed by atoms with E-state index in [1.165, 1.54) is 6.07 Å². The molecule has 4 heteroatoms. The van der Waals surface area contributed by atoms with Gasteiger partial charge in [-0.05, 0) is 24.6 Å². The van der Waals surface area contributed by atoms with E-state index in [0.717, 1.165) is 5.56 Å². The number of carboxylic acids is 1. The second-order valence-electron chi connectivity index (χ2n) is 3.52. The number of benzene rings is 1. The predicted octanol–water partition coefficient (Wildman–Crippen LogP) is 2.24. The molecular formula is C11H10FNO2. The molecule has 2 rings (SSSR count). The number of hydrogen-bond acceptors (Lipinski definition) is 1. The minimum absolute atomic E-state index is 0.118. The number of carboxylic acid groups (broad SMARTS) is 1. The van der Waals surface area contributed by atoms with Crippen LogP contribution in [0.2, 0.25) is 0 Å². The molecule has 0 spiro atoms. The van der Waals surface area contributed by atoms with Gasteiger partial charge in [0.1, 0.15) is 5.82 Å². The molecule has 78 valence electrons. The first-order valence-corrected chi connectivity index (χ1v) is 4.56. The molecule has 1 aromatic heterocycles. The summed E-state index contributed by atoms with van der Waals surface area (Å²) in [4.78, 5) is 13.4. The number of hydrogen-bond donors (Lipinski definition) is 2. The fourth-order valence-corrected chi connectivity index (χ4v) is 1.64. The van der Waals surface area contributed by atoms with Crippen molar-refractivity contribution in [1.29, 1.82) is 0 Å². The summed E-state index contributed by atoms with van der Waals surface area (Å²) in [6, 6.07) is 4.60. The van der Waals surface area contributed by atoms with E-state index in [0.29, 0.717) is 16.6 Å². The molecule has 0 amide bonds. The fourth-order valence-electron chi connectivity index (χ4n) is 1.64. The molecule has 0 atom stereocenters. The van der Waals surface area contributed by atoms with Crippen LogP contribution in [0.4, 0.5) is 4.39 Å². The number of aliphatic carboxylic acids is 1. The van der Waals surface area contributed by atoms with Crippen LogP contribution in [0.3, 0.4) is 0 Å². The molecular weight excluding hydrogens is 197 g/mol. The molecule has 0 saturated carbocycles. The first kappa shape index (κ1) is 9.71. The largest absolute Gasteiger partial charge is 0.481 e. The van der Waals surface area contributed by atoms with Crippen LogP contribution in [0.25, 0.3) is 10.9 Å². The van der Waals surface area contributed by atoms with Crippen LogP contribution in [-0.4, -0.2) is 16.1 Å². The zero-order chi connectivity index (χ0) is 11.0. The smallest absolute Gasteiger partial charge is 0.309 e. The van der Waals surface area contributed by atoms with Gasteiger partial charge in [-0.15, -0.1) is 0 Å². The van der Waals surface area contributed by atoms with Gasteiger partial charge in [0.05, 0.1) is 11.9 Å². The standard InChI is InChI=1S/C11H10FNO2/c1-6-2-3-9(12)8-4-7(5-10(14)15)13-11(6)8/h2-4,13H,5H2,1H3,(H,14,15). The monoisotopic (exact) mass is 207 g/mol. The van der Waals surface area contributed by atoms with Crippen molar-refractivity contribution in [3.05, 3.63) is 35.3 Å². The van der Waals surface area contributed by atoms with E-state index in [2.05, 4.69) is 4.98 Å². The zero-order valence-electron chi connectivity index (χ0n) is 8.17. The summed E-state index contributed by atoms with van der Waals surface area (Å²) in [5, 5.41) is 9.07. The summed E-state index contributed by atoms with van der Waals surface area (Å²) >= 11 is 0. The molecule has 0 aliphatic rings. The Kier molecular flexibility index (Phi) is 2.19. The highest BCUT2D eigenvalue weighted by atomic mass is 19.1. The SMILES string of the molecule is Cc1ccc(F)c2cc(CC(=O)O)[nH]c12. The first-order chi connectivity index (χ1) is 7.08. The highest BCUT2D eigenvalue weighted by Crippen LogP contribution is 2.22. The van der Waals surface area contributed by atoms with Crippen LogP contribution in [0.1, 0.15) is 11.3 Å². The van der Waals surface area contributed by atoms with Crippen molar-refractivity contribution in [2.24, 2.45) is 0 Å². The van der Waals surface area contributed by atoms with Crippen LogP contribution in [0.5, 0.6) is 0 Å². The first-order valence-electron chi connectivity index (χ1n) is 4.56. The van der Waals surface area contributed by atoms with Crippen molar-refractivity contribution in [3.63, 3.8) is 0 Å². The van der Waals surface area contributed by atoms with Crippen molar-refractivity contribution in [3.8, 4) is 0 Å². The number of fused-ring (bicyclic) bond motifs is 1. The third kappa shape index (κ3) is 1.70. The van der Waals surface area contributed by atoms with Gasteiger partial charge in [0.15, 0.2) is 0 Å². The molecule has 0 aliphatic heterocycles. The maximum Gasteiger partial charge on any atom is 0.309 e. The molecule has 1 aromatic carbocycles. The quantitative estimate of drug-likeness (QED) is 0.793. The molecule has 0 aliphatic carbocycles. The highest BCUT2D eigenvalue weighted by Gasteiger charge is 2.09. The van der Waals surface area contributed by atoms with E-state index >= 15 is 0 Å². The normalized spacial score (nSPS) is 10.8. The van der Waals surface area contributed by atoms with Gasteiger partial charge in [0, 0.05) is 11.1 Å². The minimum atomic E-state index is -0.931. The van der Waals surface area contributed by atoms with Crippen LogP contribution in [-0.2, 0) is 11.2 Å². The Balaban J connectivity index is 2.59. The van der Waals surface area contributed by atoms with Gasteiger partial charge in [-0.25, -0.2) is 4.39 Å². The van der Waals surface area contributed by atoms with Crippen molar-refractivity contribution >= 4 is 16.9 Å². The third-order valence-electron chi connectivity index (χ3n) is 2.35. The second-order valence-corrected chi connectivity index (χ2v) is 3.52. The van der Waals surface area contributed by atoms with Crippen molar-refractivity contribution in [2.45, 2.75) is 13.3 Å². The maximum atomic E-state index is 13.3. The number of carbonyl (C=O) groups is 1. The minimum Gasteiger partial charge on any atom is -0.481 e. The molecule has 0 bridgehead atoms. The van der Waals surface area contributed by atoms with E-state index < -0.39 is 5.97 Å². The molecule has 3 nitrogen and oxygen atoms in total. The molecule has 0 unspecified atom stereocenters. The summed E-state index contributed by atoms with van der Waals surface area (Å²) in [5.74, 6) is -1.26. The lowest BCUT2D eigenvalue weighted by atomic mass is 10.1. The Hall–Kier alpha value is -1.84. The van der Waals surface area contributed by atoms with Crippen molar-refractivity contribution < 1.29 is 14.3 Å². The molecule has 0 radical (unpaired) electrons. The van der Waals surface area contributed by atoms with Crippen LogP contribution < -0.4 is 0 Å². The van der Waals surface area contributed by atoms with Gasteiger partial charge >= 0.3 is 5.97 Å². The Morgan fingerprint density at radius 3 is 2.87 bits per heavy atom. The van der Waals surface area contributed by atoms with Gasteiger partial charge in [0.2, 0.25) is 0 Å². The second kappa shape index (κ2) is 3.38. The fraction of sp³-hybridized carbons (Fsp3) is 0.182. The van der Waals surface area contributed by atoms with E-state index in [-0.39, 0.29) is 12.2 Å². The lowest BCUT2D eigenvalue weighted by Crippen LogP contribution is -1.99. The van der Waals surface area contributed by atoms with E-state index in [1.807, 2.05) is 6.92 Å². The third-order valence-corrected chi connectivity index (χ3v) is 2.35. The average molecular weight is 207 g/mol. The van der Waals surface area contributed by atoms with Crippen LogP contribution in [0, 0.1) is 12.7 Å². The summed E-state index contributed by atoms with van der Waals surface area (Å²) in [7, 11) is 0. The number of rotatable bonds is 2. The van der Waals surface area contributed by atoms with Crippen LogP contribution >= 0.6 is 0 Å². The lowest BCUT2D eigenvalue weighted by molar-refractivity contribution is -0.136. The van der Waals surface area contributed by atoms with E-state index in [9.17, 15) is 9.18 Å². The molecule has 2 N–H and O–H groups in total. The predicted molar refractivity (Wildman–Crippen MR) is 54.3 cm³/mol.